The molecule has 3 rings (SSSR count). The lowest BCUT2D eigenvalue weighted by molar-refractivity contribution is 0.100. The van der Waals surface area contributed by atoms with Gasteiger partial charge in [0.25, 0.3) is 5.91 Å². The minimum absolute atomic E-state index is 0.432. The van der Waals surface area contributed by atoms with Gasteiger partial charge in [-0.3, -0.25) is 9.78 Å². The molecule has 1 amide bonds. The Hall–Kier alpha value is -3.14. The smallest absolute Gasteiger partial charge is 0.252 e. The number of pyridine rings is 2. The van der Waals surface area contributed by atoms with Gasteiger partial charge in [-0.05, 0) is 24.6 Å². The molecule has 0 atom stereocenters. The van der Waals surface area contributed by atoms with Crippen molar-refractivity contribution in [3.8, 4) is 6.07 Å². The number of carbonyl (C=O) groups is 1. The average Bonchev–Trinajstić information content (AvgIpc) is 2.87. The first-order chi connectivity index (χ1) is 11.7. The summed E-state index contributed by atoms with van der Waals surface area (Å²) < 4.78 is 0. The summed E-state index contributed by atoms with van der Waals surface area (Å²) >= 11 is 0. The zero-order chi connectivity index (χ0) is 16.9. The van der Waals surface area contributed by atoms with Gasteiger partial charge in [-0.1, -0.05) is 0 Å². The van der Waals surface area contributed by atoms with E-state index in [-0.39, 0.29) is 0 Å². The summed E-state index contributed by atoms with van der Waals surface area (Å²) in [5, 5.41) is 9.26. The molecule has 1 fully saturated rings. The summed E-state index contributed by atoms with van der Waals surface area (Å²) in [6.07, 6.45) is 5.76. The maximum absolute atomic E-state index is 11.6. The lowest BCUT2D eigenvalue weighted by Crippen LogP contribution is -2.32. The van der Waals surface area contributed by atoms with Gasteiger partial charge in [-0.2, -0.15) is 5.26 Å². The molecular formula is C17H18N6O. The maximum Gasteiger partial charge on any atom is 0.252 e. The second-order valence-corrected chi connectivity index (χ2v) is 5.57. The van der Waals surface area contributed by atoms with Crippen molar-refractivity contribution in [1.29, 1.82) is 5.26 Å². The summed E-state index contributed by atoms with van der Waals surface area (Å²) in [5.41, 5.74) is 7.27. The summed E-state index contributed by atoms with van der Waals surface area (Å²) in [6, 6.07) is 7.55. The van der Waals surface area contributed by atoms with E-state index in [9.17, 15) is 10.1 Å². The number of rotatable bonds is 3. The molecule has 2 aromatic rings. The molecular weight excluding hydrogens is 304 g/mol. The molecule has 1 saturated heterocycles. The van der Waals surface area contributed by atoms with Gasteiger partial charge < -0.3 is 15.5 Å². The molecule has 122 valence electrons. The van der Waals surface area contributed by atoms with E-state index < -0.39 is 5.91 Å². The highest BCUT2D eigenvalue weighted by Gasteiger charge is 2.21. The summed E-state index contributed by atoms with van der Waals surface area (Å²) in [4.78, 5) is 24.2. The van der Waals surface area contributed by atoms with Crippen molar-refractivity contribution in [3.63, 3.8) is 0 Å². The van der Waals surface area contributed by atoms with Gasteiger partial charge in [-0.25, -0.2) is 4.98 Å². The van der Waals surface area contributed by atoms with E-state index in [1.54, 1.807) is 24.5 Å². The minimum Gasteiger partial charge on any atom is -0.369 e. The summed E-state index contributed by atoms with van der Waals surface area (Å²) in [5.74, 6) is 0.238. The van der Waals surface area contributed by atoms with E-state index in [4.69, 9.17) is 5.73 Å². The molecule has 3 heterocycles. The normalized spacial score (nSPS) is 14.8. The van der Waals surface area contributed by atoms with Gasteiger partial charge in [-0.15, -0.1) is 0 Å². The van der Waals surface area contributed by atoms with Crippen LogP contribution in [0.5, 0.6) is 0 Å². The Bertz CT molecular complexity index is 785. The van der Waals surface area contributed by atoms with E-state index in [1.165, 1.54) is 6.20 Å². The first kappa shape index (κ1) is 15.7. The Morgan fingerprint density at radius 1 is 1.17 bits per heavy atom. The fourth-order valence-electron chi connectivity index (χ4n) is 2.96. The van der Waals surface area contributed by atoms with Crippen LogP contribution in [0.4, 0.5) is 11.5 Å². The van der Waals surface area contributed by atoms with Crippen LogP contribution in [0.1, 0.15) is 22.3 Å². The number of anilines is 2. The number of amides is 1. The zero-order valence-electron chi connectivity index (χ0n) is 13.2. The molecule has 0 aromatic carbocycles. The fraction of sp³-hybridized carbons (Fsp3) is 0.294. The maximum atomic E-state index is 11.6. The van der Waals surface area contributed by atoms with Crippen LogP contribution in [-0.2, 0) is 0 Å². The van der Waals surface area contributed by atoms with Crippen LogP contribution in [0.2, 0.25) is 0 Å². The zero-order valence-corrected chi connectivity index (χ0v) is 13.2. The van der Waals surface area contributed by atoms with Crippen molar-refractivity contribution < 1.29 is 4.79 Å². The van der Waals surface area contributed by atoms with Crippen LogP contribution in [0.15, 0.2) is 36.8 Å². The average molecular weight is 322 g/mol. The molecule has 2 aromatic heterocycles. The number of hydrogen-bond acceptors (Lipinski definition) is 6. The van der Waals surface area contributed by atoms with Crippen molar-refractivity contribution in [2.24, 2.45) is 5.73 Å². The highest BCUT2D eigenvalue weighted by atomic mass is 16.1. The number of carbonyl (C=O) groups excluding carboxylic acids is 1. The highest BCUT2D eigenvalue weighted by molar-refractivity contribution is 5.98. The second-order valence-electron chi connectivity index (χ2n) is 5.57. The number of nitrogens with zero attached hydrogens (tertiary/aromatic N) is 5. The van der Waals surface area contributed by atoms with E-state index in [2.05, 4.69) is 25.8 Å². The van der Waals surface area contributed by atoms with Gasteiger partial charge in [0.1, 0.15) is 11.9 Å². The highest BCUT2D eigenvalue weighted by Crippen LogP contribution is 2.23. The van der Waals surface area contributed by atoms with Gasteiger partial charge in [0.2, 0.25) is 0 Å². The van der Waals surface area contributed by atoms with Crippen molar-refractivity contribution in [2.75, 3.05) is 36.0 Å². The van der Waals surface area contributed by atoms with Crippen molar-refractivity contribution in [2.45, 2.75) is 6.42 Å². The largest absolute Gasteiger partial charge is 0.369 e. The lowest BCUT2D eigenvalue weighted by Gasteiger charge is -2.25. The molecule has 0 radical (unpaired) electrons. The molecule has 7 heteroatoms. The van der Waals surface area contributed by atoms with Crippen LogP contribution in [0.25, 0.3) is 0 Å². The minimum atomic E-state index is -0.476. The van der Waals surface area contributed by atoms with Crippen molar-refractivity contribution in [3.05, 3.63) is 47.9 Å². The second kappa shape index (κ2) is 6.96. The van der Waals surface area contributed by atoms with E-state index in [0.717, 1.165) is 25.2 Å². The Morgan fingerprint density at radius 3 is 2.75 bits per heavy atom. The van der Waals surface area contributed by atoms with E-state index in [0.29, 0.717) is 30.0 Å². The van der Waals surface area contributed by atoms with Gasteiger partial charge in [0, 0.05) is 44.8 Å². The first-order valence-electron chi connectivity index (χ1n) is 7.79. The van der Waals surface area contributed by atoms with Crippen LogP contribution >= 0.6 is 0 Å². The third-order valence-corrected chi connectivity index (χ3v) is 4.11. The lowest BCUT2D eigenvalue weighted by atomic mass is 10.2. The molecule has 2 N–H and O–H groups in total. The fourth-order valence-corrected chi connectivity index (χ4v) is 2.96. The Labute approximate surface area is 140 Å². The molecule has 0 spiro atoms. The number of nitriles is 1. The number of aromatic nitrogens is 2. The topological polar surface area (TPSA) is 99.1 Å². The van der Waals surface area contributed by atoms with Crippen LogP contribution in [-0.4, -0.2) is 42.1 Å². The van der Waals surface area contributed by atoms with E-state index >= 15 is 0 Å². The molecule has 0 aliphatic carbocycles. The Morgan fingerprint density at radius 2 is 1.96 bits per heavy atom. The number of nitrogens with two attached hydrogens (primary N) is 1. The first-order valence-corrected chi connectivity index (χ1v) is 7.79. The predicted molar refractivity (Wildman–Crippen MR) is 90.7 cm³/mol. The standard InChI is InChI=1S/C17H18N6O/c18-11-13-3-1-5-21-17(13)23-8-2-7-22(9-10-23)15-4-6-20-12-14(15)16(19)24/h1,3-6,12H,2,7-10H2,(H2,19,24). The van der Waals surface area contributed by atoms with E-state index in [1.807, 2.05) is 6.07 Å². The quantitative estimate of drug-likeness (QED) is 0.910. The SMILES string of the molecule is N#Cc1cccnc1N1CCCN(c2ccncc2C(N)=O)CC1. The van der Waals surface area contributed by atoms with Crippen molar-refractivity contribution in [1.82, 2.24) is 9.97 Å². The summed E-state index contributed by atoms with van der Waals surface area (Å²) in [6.45, 7) is 3.03. The van der Waals surface area contributed by atoms with Crippen LogP contribution in [0.3, 0.4) is 0 Å². The Balaban J connectivity index is 1.81. The van der Waals surface area contributed by atoms with Gasteiger partial charge in [0.05, 0.1) is 16.8 Å². The Kier molecular flexibility index (Phi) is 4.57. The third-order valence-electron chi connectivity index (χ3n) is 4.11. The van der Waals surface area contributed by atoms with Crippen LogP contribution < -0.4 is 15.5 Å². The van der Waals surface area contributed by atoms with Crippen LogP contribution in [0, 0.1) is 11.3 Å². The number of primary amides is 1. The molecule has 24 heavy (non-hydrogen) atoms. The van der Waals surface area contributed by atoms with Gasteiger partial charge in [0.15, 0.2) is 0 Å². The van der Waals surface area contributed by atoms with Gasteiger partial charge >= 0.3 is 0 Å². The predicted octanol–water partition coefficient (Wildman–Crippen LogP) is 1.16. The molecule has 1 aliphatic heterocycles. The monoisotopic (exact) mass is 322 g/mol. The number of hydrogen-bond donors (Lipinski definition) is 1. The van der Waals surface area contributed by atoms with Crippen molar-refractivity contribution >= 4 is 17.4 Å². The molecule has 1 aliphatic rings. The molecule has 7 nitrogen and oxygen atoms in total. The molecule has 0 bridgehead atoms. The molecule has 0 saturated carbocycles. The summed E-state index contributed by atoms with van der Waals surface area (Å²) in [7, 11) is 0. The molecule has 0 unspecified atom stereocenters. The third kappa shape index (κ3) is 3.13.